The van der Waals surface area contributed by atoms with Crippen molar-refractivity contribution in [3.8, 4) is 0 Å². The van der Waals surface area contributed by atoms with Crippen molar-refractivity contribution in [3.63, 3.8) is 0 Å². The van der Waals surface area contributed by atoms with Gasteiger partial charge in [0.05, 0.1) is 6.54 Å². The molecule has 130 valence electrons. The predicted molar refractivity (Wildman–Crippen MR) is 87.6 cm³/mol. The van der Waals surface area contributed by atoms with Crippen LogP contribution in [0.1, 0.15) is 52.9 Å². The van der Waals surface area contributed by atoms with Gasteiger partial charge in [-0.1, -0.05) is 20.8 Å². The summed E-state index contributed by atoms with van der Waals surface area (Å²) >= 11 is 0. The molecule has 0 atom stereocenters. The second kappa shape index (κ2) is 7.32. The number of hydrogen-bond acceptors (Lipinski definition) is 3. The van der Waals surface area contributed by atoms with E-state index in [0.717, 1.165) is 23.7 Å². The number of imide groups is 1. The highest BCUT2D eigenvalue weighted by Crippen LogP contribution is 2.40. The van der Waals surface area contributed by atoms with Gasteiger partial charge in [-0.2, -0.15) is 0 Å². The monoisotopic (exact) mass is 323 g/mol. The fourth-order valence-corrected chi connectivity index (χ4v) is 3.56. The molecule has 1 aliphatic heterocycles. The molecule has 0 aromatic carbocycles. The second-order valence-corrected chi connectivity index (χ2v) is 7.84. The van der Waals surface area contributed by atoms with Crippen molar-refractivity contribution in [2.24, 2.45) is 17.3 Å². The van der Waals surface area contributed by atoms with Crippen LogP contribution in [0.4, 0.5) is 4.79 Å². The summed E-state index contributed by atoms with van der Waals surface area (Å²) in [5, 5.41) is 5.29. The summed E-state index contributed by atoms with van der Waals surface area (Å²) < 4.78 is 0. The van der Waals surface area contributed by atoms with Crippen molar-refractivity contribution < 1.29 is 14.4 Å². The van der Waals surface area contributed by atoms with Crippen molar-refractivity contribution in [1.82, 2.24) is 15.5 Å². The number of hydrogen-bond donors (Lipinski definition) is 2. The van der Waals surface area contributed by atoms with Gasteiger partial charge in [-0.15, -0.1) is 0 Å². The number of amides is 4. The average Bonchev–Trinajstić information content (AvgIpc) is 2.78. The highest BCUT2D eigenvalue weighted by molar-refractivity contribution is 6.01. The lowest BCUT2D eigenvalue weighted by atomic mass is 9.69. The van der Waals surface area contributed by atoms with Crippen LogP contribution in [0.3, 0.4) is 0 Å². The minimum atomic E-state index is -0.371. The number of urea groups is 1. The third kappa shape index (κ3) is 4.94. The van der Waals surface area contributed by atoms with E-state index in [1.54, 1.807) is 0 Å². The minimum absolute atomic E-state index is 0.0243. The zero-order valence-electron chi connectivity index (χ0n) is 14.5. The molecule has 1 aliphatic carbocycles. The van der Waals surface area contributed by atoms with Gasteiger partial charge in [0.2, 0.25) is 11.8 Å². The first-order chi connectivity index (χ1) is 10.8. The molecular weight excluding hydrogens is 294 g/mol. The molecule has 2 aliphatic rings. The van der Waals surface area contributed by atoms with Crippen LogP contribution in [-0.4, -0.2) is 42.4 Å². The molecule has 2 rings (SSSR count). The molecule has 0 radical (unpaired) electrons. The maximum Gasteiger partial charge on any atom is 0.324 e. The third-order valence-electron chi connectivity index (χ3n) is 5.14. The van der Waals surface area contributed by atoms with E-state index in [1.165, 1.54) is 12.8 Å². The standard InChI is InChI=1S/C17H29N3O3/c1-17(2,3)13-6-4-12(5-7-13)10-14(21)18-8-9-20-15(22)11-19-16(20)23/h12-13H,4-11H2,1-3H3,(H,18,21)(H,19,23). The van der Waals surface area contributed by atoms with Gasteiger partial charge in [0.25, 0.3) is 0 Å². The summed E-state index contributed by atoms with van der Waals surface area (Å²) in [5.74, 6) is 1.01. The Hall–Kier alpha value is -1.59. The minimum Gasteiger partial charge on any atom is -0.354 e. The van der Waals surface area contributed by atoms with Gasteiger partial charge in [0.15, 0.2) is 0 Å². The lowest BCUT2D eigenvalue weighted by Crippen LogP contribution is -2.39. The van der Waals surface area contributed by atoms with Crippen LogP contribution in [-0.2, 0) is 9.59 Å². The highest BCUT2D eigenvalue weighted by atomic mass is 16.2. The fourth-order valence-electron chi connectivity index (χ4n) is 3.56. The van der Waals surface area contributed by atoms with E-state index in [2.05, 4.69) is 31.4 Å². The molecule has 6 nitrogen and oxygen atoms in total. The van der Waals surface area contributed by atoms with Crippen LogP contribution < -0.4 is 10.6 Å². The van der Waals surface area contributed by atoms with E-state index in [0.29, 0.717) is 24.3 Å². The summed E-state index contributed by atoms with van der Waals surface area (Å²) in [4.78, 5) is 35.9. The van der Waals surface area contributed by atoms with Gasteiger partial charge in [-0.25, -0.2) is 4.79 Å². The molecule has 0 aromatic rings. The maximum atomic E-state index is 12.0. The predicted octanol–water partition coefficient (Wildman–Crippen LogP) is 1.90. The smallest absolute Gasteiger partial charge is 0.324 e. The Bertz CT molecular complexity index is 446. The number of carbonyl (C=O) groups is 3. The molecule has 6 heteroatoms. The first kappa shape index (κ1) is 17.8. The van der Waals surface area contributed by atoms with Gasteiger partial charge < -0.3 is 10.6 Å². The van der Waals surface area contributed by atoms with E-state index in [1.807, 2.05) is 0 Å². The van der Waals surface area contributed by atoms with Crippen molar-refractivity contribution >= 4 is 17.8 Å². The van der Waals surface area contributed by atoms with Crippen LogP contribution in [0, 0.1) is 17.3 Å². The number of carbonyl (C=O) groups excluding carboxylic acids is 3. The van der Waals surface area contributed by atoms with E-state index in [4.69, 9.17) is 0 Å². The summed E-state index contributed by atoms with van der Waals surface area (Å²) in [6.45, 7) is 7.51. The Morgan fingerprint density at radius 3 is 2.39 bits per heavy atom. The summed E-state index contributed by atoms with van der Waals surface area (Å²) in [6.07, 6.45) is 5.18. The first-order valence-corrected chi connectivity index (χ1v) is 8.62. The van der Waals surface area contributed by atoms with Gasteiger partial charge >= 0.3 is 6.03 Å². The molecule has 1 saturated heterocycles. The quantitative estimate of drug-likeness (QED) is 0.759. The van der Waals surface area contributed by atoms with Crippen molar-refractivity contribution in [2.75, 3.05) is 19.6 Å². The van der Waals surface area contributed by atoms with Crippen molar-refractivity contribution in [3.05, 3.63) is 0 Å². The van der Waals surface area contributed by atoms with Crippen LogP contribution in [0.15, 0.2) is 0 Å². The van der Waals surface area contributed by atoms with Crippen LogP contribution in [0.25, 0.3) is 0 Å². The molecule has 2 N–H and O–H groups in total. The molecule has 4 amide bonds. The third-order valence-corrected chi connectivity index (χ3v) is 5.14. The number of nitrogens with one attached hydrogen (secondary N) is 2. The Morgan fingerprint density at radius 1 is 1.22 bits per heavy atom. The Balaban J connectivity index is 1.64. The highest BCUT2D eigenvalue weighted by Gasteiger charge is 2.31. The number of rotatable bonds is 5. The van der Waals surface area contributed by atoms with Gasteiger partial charge in [-0.3, -0.25) is 14.5 Å². The van der Waals surface area contributed by atoms with Crippen molar-refractivity contribution in [2.45, 2.75) is 52.9 Å². The molecular formula is C17H29N3O3. The Morgan fingerprint density at radius 2 is 1.87 bits per heavy atom. The van der Waals surface area contributed by atoms with Crippen molar-refractivity contribution in [1.29, 1.82) is 0 Å². The van der Waals surface area contributed by atoms with Crippen LogP contribution >= 0.6 is 0 Å². The van der Waals surface area contributed by atoms with E-state index >= 15 is 0 Å². The van der Waals surface area contributed by atoms with E-state index in [-0.39, 0.29) is 30.9 Å². The largest absolute Gasteiger partial charge is 0.354 e. The zero-order chi connectivity index (χ0) is 17.0. The molecule has 1 saturated carbocycles. The Labute approximate surface area is 138 Å². The molecule has 2 fully saturated rings. The molecule has 1 heterocycles. The van der Waals surface area contributed by atoms with Gasteiger partial charge in [0, 0.05) is 19.5 Å². The molecule has 0 spiro atoms. The van der Waals surface area contributed by atoms with E-state index in [9.17, 15) is 14.4 Å². The maximum absolute atomic E-state index is 12.0. The summed E-state index contributed by atoms with van der Waals surface area (Å²) in [5.41, 5.74) is 0.357. The van der Waals surface area contributed by atoms with Crippen LogP contribution in [0.2, 0.25) is 0 Å². The average molecular weight is 323 g/mol. The molecule has 23 heavy (non-hydrogen) atoms. The Kier molecular flexibility index (Phi) is 5.65. The molecule has 0 unspecified atom stereocenters. The van der Waals surface area contributed by atoms with E-state index < -0.39 is 0 Å². The molecule has 0 aromatic heterocycles. The second-order valence-electron chi connectivity index (χ2n) is 7.84. The van der Waals surface area contributed by atoms with Gasteiger partial charge in [-0.05, 0) is 42.9 Å². The topological polar surface area (TPSA) is 78.5 Å². The fraction of sp³-hybridized carbons (Fsp3) is 0.824. The summed E-state index contributed by atoms with van der Waals surface area (Å²) in [6, 6.07) is -0.371. The SMILES string of the molecule is CC(C)(C)C1CCC(CC(=O)NCCN2C(=O)CNC2=O)CC1. The number of nitrogens with zero attached hydrogens (tertiary/aromatic N) is 1. The van der Waals surface area contributed by atoms with Gasteiger partial charge in [0.1, 0.15) is 0 Å². The lowest BCUT2D eigenvalue weighted by molar-refractivity contribution is -0.126. The zero-order valence-corrected chi connectivity index (χ0v) is 14.5. The van der Waals surface area contributed by atoms with Crippen LogP contribution in [0.5, 0.6) is 0 Å². The molecule has 0 bridgehead atoms. The normalized spacial score (nSPS) is 25.4. The first-order valence-electron chi connectivity index (χ1n) is 8.62. The lowest BCUT2D eigenvalue weighted by Gasteiger charge is -2.36. The summed E-state index contributed by atoms with van der Waals surface area (Å²) in [7, 11) is 0.